The van der Waals surface area contributed by atoms with E-state index >= 15 is 0 Å². The van der Waals surface area contributed by atoms with Gasteiger partial charge in [-0.1, -0.05) is 18.2 Å². The zero-order chi connectivity index (χ0) is 22.0. The summed E-state index contributed by atoms with van der Waals surface area (Å²) in [5.74, 6) is 0.269. The van der Waals surface area contributed by atoms with Crippen molar-refractivity contribution >= 4 is 33.0 Å². The summed E-state index contributed by atoms with van der Waals surface area (Å²) in [7, 11) is 0. The third-order valence-electron chi connectivity index (χ3n) is 5.86. The molecular weight excluding hydrogens is 463 g/mol. The van der Waals surface area contributed by atoms with E-state index in [1.807, 2.05) is 37.3 Å². The van der Waals surface area contributed by atoms with Crippen LogP contribution in [0, 0.1) is 5.82 Å². The number of carbonyl (C=O) groups is 1. The molecule has 4 N–H and O–H groups in total. The van der Waals surface area contributed by atoms with Crippen LogP contribution < -0.4 is 10.6 Å². The van der Waals surface area contributed by atoms with Crippen LogP contribution in [0.5, 0.6) is 0 Å². The first-order chi connectivity index (χ1) is 14.8. The molecule has 1 aliphatic carbocycles. The molecule has 0 radical (unpaired) electrons. The highest BCUT2D eigenvalue weighted by atomic mass is 79.9. The smallest absolute Gasteiger partial charge is 0.315 e. The largest absolute Gasteiger partial charge is 0.390 e. The number of fused-ring (bicyclic) bond motifs is 1. The van der Waals surface area contributed by atoms with Crippen molar-refractivity contribution in [3.05, 3.63) is 64.1 Å². The topological polar surface area (TPSA) is 90.0 Å². The van der Waals surface area contributed by atoms with Crippen molar-refractivity contribution in [3.8, 4) is 0 Å². The highest BCUT2D eigenvalue weighted by Gasteiger charge is 2.30. The Morgan fingerprint density at radius 1 is 1.32 bits per heavy atom. The van der Waals surface area contributed by atoms with Crippen molar-refractivity contribution in [2.24, 2.45) is 0 Å². The monoisotopic (exact) mass is 488 g/mol. The van der Waals surface area contributed by atoms with Gasteiger partial charge in [0, 0.05) is 12.5 Å². The molecule has 2 aromatic carbocycles. The summed E-state index contributed by atoms with van der Waals surface area (Å²) in [6, 6.07) is 11.9. The number of para-hydroxylation sites is 2. The van der Waals surface area contributed by atoms with E-state index in [4.69, 9.17) is 0 Å². The number of rotatable bonds is 5. The Morgan fingerprint density at radius 2 is 2.06 bits per heavy atom. The van der Waals surface area contributed by atoms with E-state index in [-0.39, 0.29) is 17.9 Å². The predicted octanol–water partition coefficient (Wildman–Crippen LogP) is 4.74. The average Bonchev–Trinajstić information content (AvgIpc) is 3.16. The lowest BCUT2D eigenvalue weighted by Gasteiger charge is -2.33. The third kappa shape index (κ3) is 5.43. The number of amides is 2. The Morgan fingerprint density at radius 3 is 2.77 bits per heavy atom. The molecule has 1 aliphatic rings. The van der Waals surface area contributed by atoms with E-state index < -0.39 is 11.6 Å². The van der Waals surface area contributed by atoms with E-state index in [0.717, 1.165) is 29.4 Å². The van der Waals surface area contributed by atoms with Crippen molar-refractivity contribution in [2.75, 3.05) is 0 Å². The SMILES string of the molecule is C[C@]1(O)CC[C@H](NC(=O)N[C@H](Cc2ccc(Br)c(F)c2)c2nc3ccccc3[nH]2)CC1. The highest BCUT2D eigenvalue weighted by molar-refractivity contribution is 9.10. The first-order valence-corrected chi connectivity index (χ1v) is 11.3. The molecule has 0 bridgehead atoms. The lowest BCUT2D eigenvalue weighted by molar-refractivity contribution is 0.0151. The molecule has 6 nitrogen and oxygen atoms in total. The number of aliphatic hydroxyl groups is 1. The number of nitrogens with zero attached hydrogens (tertiary/aromatic N) is 1. The van der Waals surface area contributed by atoms with Crippen molar-refractivity contribution < 1.29 is 14.3 Å². The molecule has 1 aromatic heterocycles. The molecule has 1 saturated carbocycles. The number of aromatic nitrogens is 2. The van der Waals surface area contributed by atoms with Crippen LogP contribution in [-0.2, 0) is 6.42 Å². The maximum absolute atomic E-state index is 14.0. The van der Waals surface area contributed by atoms with Crippen LogP contribution in [0.4, 0.5) is 9.18 Å². The van der Waals surface area contributed by atoms with Crippen molar-refractivity contribution in [1.29, 1.82) is 0 Å². The first-order valence-electron chi connectivity index (χ1n) is 10.5. The summed E-state index contributed by atoms with van der Waals surface area (Å²) in [6.07, 6.45) is 3.16. The van der Waals surface area contributed by atoms with E-state index in [0.29, 0.717) is 29.6 Å². The minimum Gasteiger partial charge on any atom is -0.390 e. The summed E-state index contributed by atoms with van der Waals surface area (Å²) >= 11 is 3.18. The van der Waals surface area contributed by atoms with E-state index in [9.17, 15) is 14.3 Å². The minimum absolute atomic E-state index is 0.0154. The third-order valence-corrected chi connectivity index (χ3v) is 6.51. The van der Waals surface area contributed by atoms with Gasteiger partial charge in [-0.15, -0.1) is 0 Å². The molecule has 0 spiro atoms. The normalized spacial score (nSPS) is 22.3. The van der Waals surface area contributed by atoms with Crippen molar-refractivity contribution in [1.82, 2.24) is 20.6 Å². The number of aromatic amines is 1. The second-order valence-corrected chi connectivity index (χ2v) is 9.39. The lowest BCUT2D eigenvalue weighted by Crippen LogP contribution is -2.47. The number of imidazole rings is 1. The molecule has 0 saturated heterocycles. The average molecular weight is 489 g/mol. The second kappa shape index (κ2) is 8.96. The molecule has 1 fully saturated rings. The molecule has 3 aromatic rings. The van der Waals surface area contributed by atoms with Crippen LogP contribution in [0.3, 0.4) is 0 Å². The number of carbonyl (C=O) groups excluding carboxylic acids is 1. The highest BCUT2D eigenvalue weighted by Crippen LogP contribution is 2.28. The van der Waals surface area contributed by atoms with Crippen LogP contribution in [0.25, 0.3) is 11.0 Å². The summed E-state index contributed by atoms with van der Waals surface area (Å²) in [5.41, 5.74) is 1.78. The fourth-order valence-electron chi connectivity index (χ4n) is 4.03. The molecular formula is C23H26BrFN4O2. The number of hydrogen-bond acceptors (Lipinski definition) is 3. The molecule has 4 rings (SSSR count). The van der Waals surface area contributed by atoms with E-state index in [2.05, 4.69) is 36.5 Å². The van der Waals surface area contributed by atoms with E-state index in [1.165, 1.54) is 6.07 Å². The van der Waals surface area contributed by atoms with Gasteiger partial charge in [0.1, 0.15) is 11.6 Å². The van der Waals surface area contributed by atoms with Gasteiger partial charge < -0.3 is 20.7 Å². The first kappa shape index (κ1) is 21.8. The number of hydrogen-bond donors (Lipinski definition) is 4. The van der Waals surface area contributed by atoms with Gasteiger partial charge in [-0.2, -0.15) is 0 Å². The van der Waals surface area contributed by atoms with Crippen LogP contribution in [0.15, 0.2) is 46.9 Å². The summed E-state index contributed by atoms with van der Waals surface area (Å²) in [6.45, 7) is 1.83. The zero-order valence-corrected chi connectivity index (χ0v) is 18.9. The Kier molecular flexibility index (Phi) is 6.29. The van der Waals surface area contributed by atoms with Crippen LogP contribution in [0.2, 0.25) is 0 Å². The second-order valence-electron chi connectivity index (χ2n) is 8.53. The predicted molar refractivity (Wildman–Crippen MR) is 121 cm³/mol. The molecule has 0 aliphatic heterocycles. The maximum Gasteiger partial charge on any atom is 0.315 e. The van der Waals surface area contributed by atoms with Gasteiger partial charge in [-0.3, -0.25) is 0 Å². The molecule has 8 heteroatoms. The van der Waals surface area contributed by atoms with Crippen molar-refractivity contribution in [2.45, 2.75) is 56.7 Å². The number of H-pyrrole nitrogens is 1. The van der Waals surface area contributed by atoms with Gasteiger partial charge in [0.25, 0.3) is 0 Å². The Labute approximate surface area is 188 Å². The van der Waals surface area contributed by atoms with Gasteiger partial charge in [-0.25, -0.2) is 14.2 Å². The Hall–Kier alpha value is -2.45. The van der Waals surface area contributed by atoms with Gasteiger partial charge in [-0.05, 0) is 78.4 Å². The summed E-state index contributed by atoms with van der Waals surface area (Å²) in [4.78, 5) is 20.7. The fourth-order valence-corrected chi connectivity index (χ4v) is 4.27. The maximum atomic E-state index is 14.0. The Bertz CT molecular complexity index is 1040. The van der Waals surface area contributed by atoms with Gasteiger partial charge in [0.2, 0.25) is 0 Å². The number of urea groups is 1. The quantitative estimate of drug-likeness (QED) is 0.418. The van der Waals surface area contributed by atoms with Crippen LogP contribution in [-0.4, -0.2) is 32.7 Å². The fraction of sp³-hybridized carbons (Fsp3) is 0.391. The van der Waals surface area contributed by atoms with Crippen molar-refractivity contribution in [3.63, 3.8) is 0 Å². The lowest BCUT2D eigenvalue weighted by atomic mass is 9.84. The number of halogens is 2. The van der Waals surface area contributed by atoms with Crippen LogP contribution in [0.1, 0.15) is 50.0 Å². The molecule has 2 amide bonds. The molecule has 0 unspecified atom stereocenters. The minimum atomic E-state index is -0.656. The van der Waals surface area contributed by atoms with Gasteiger partial charge in [0.05, 0.1) is 27.1 Å². The summed E-state index contributed by atoms with van der Waals surface area (Å²) in [5, 5.41) is 16.1. The van der Waals surface area contributed by atoms with Gasteiger partial charge in [0.15, 0.2) is 0 Å². The van der Waals surface area contributed by atoms with Gasteiger partial charge >= 0.3 is 6.03 Å². The molecule has 1 heterocycles. The van der Waals surface area contributed by atoms with E-state index in [1.54, 1.807) is 6.07 Å². The Balaban J connectivity index is 1.51. The number of nitrogens with one attached hydrogen (secondary N) is 3. The number of benzene rings is 2. The molecule has 1 atom stereocenters. The molecule has 164 valence electrons. The van der Waals surface area contributed by atoms with Crippen LogP contribution >= 0.6 is 15.9 Å². The standard InChI is InChI=1S/C23H26BrFN4O2/c1-23(31)10-8-15(9-11-23)26-22(30)29-20(13-14-6-7-16(24)17(25)12-14)21-27-18-4-2-3-5-19(18)28-21/h2-7,12,15,20,31H,8-11,13H2,1H3,(H,27,28)(H2,26,29,30)/t15-,20-,23-/m1/s1. The zero-order valence-electron chi connectivity index (χ0n) is 17.3. The molecule has 31 heavy (non-hydrogen) atoms. The summed E-state index contributed by atoms with van der Waals surface area (Å²) < 4.78 is 14.4.